The van der Waals surface area contributed by atoms with Gasteiger partial charge in [0.1, 0.15) is 5.60 Å². The summed E-state index contributed by atoms with van der Waals surface area (Å²) in [5.41, 5.74) is 1.97. The molecule has 1 fully saturated rings. The number of benzene rings is 1. The van der Waals surface area contributed by atoms with Crippen molar-refractivity contribution in [3.63, 3.8) is 0 Å². The molecule has 2 amide bonds. The van der Waals surface area contributed by atoms with E-state index in [-0.39, 0.29) is 17.4 Å². The molecule has 2 rings (SSSR count). The molecule has 5 heteroatoms. The fourth-order valence-electron chi connectivity index (χ4n) is 3.19. The molecule has 1 aromatic carbocycles. The first-order valence-electron chi connectivity index (χ1n) is 9.81. The third-order valence-corrected chi connectivity index (χ3v) is 5.08. The number of hydrogen-bond acceptors (Lipinski definition) is 3. The molecule has 5 nitrogen and oxygen atoms in total. The van der Waals surface area contributed by atoms with Gasteiger partial charge in [-0.3, -0.25) is 4.79 Å². The molecule has 0 unspecified atom stereocenters. The summed E-state index contributed by atoms with van der Waals surface area (Å²) in [6.07, 6.45) is 1.03. The number of amides is 2. The number of rotatable bonds is 4. The van der Waals surface area contributed by atoms with Gasteiger partial charge in [-0.15, -0.1) is 0 Å². The van der Waals surface area contributed by atoms with Gasteiger partial charge in [-0.25, -0.2) is 4.79 Å². The Hall–Kier alpha value is -2.04. The van der Waals surface area contributed by atoms with Crippen molar-refractivity contribution in [2.75, 3.05) is 26.2 Å². The number of nitrogens with zero attached hydrogens (tertiary/aromatic N) is 2. The van der Waals surface area contributed by atoms with Crippen LogP contribution in [-0.4, -0.2) is 53.6 Å². The molecule has 0 aliphatic carbocycles. The summed E-state index contributed by atoms with van der Waals surface area (Å²) in [4.78, 5) is 28.3. The number of piperazine rings is 1. The molecule has 1 aromatic rings. The molecular formula is C22H34N2O3. The van der Waals surface area contributed by atoms with Gasteiger partial charge in [-0.1, -0.05) is 43.7 Å². The van der Waals surface area contributed by atoms with E-state index in [1.807, 2.05) is 25.7 Å². The van der Waals surface area contributed by atoms with E-state index in [4.69, 9.17) is 4.74 Å². The number of aryl methyl sites for hydroxylation is 1. The maximum atomic E-state index is 12.6. The highest BCUT2D eigenvalue weighted by atomic mass is 16.6. The Morgan fingerprint density at radius 3 is 1.96 bits per heavy atom. The van der Waals surface area contributed by atoms with Crippen molar-refractivity contribution in [1.29, 1.82) is 0 Å². The van der Waals surface area contributed by atoms with Crippen LogP contribution in [0.25, 0.3) is 0 Å². The standard InChI is InChI=1S/C22H34N2O3/c1-17-7-9-18(10-8-17)22(5,6)12-11-19(25)23-13-15-24(16-14-23)20(26)27-21(2,3)4/h7-10H,11-16H2,1-6H3. The van der Waals surface area contributed by atoms with Crippen LogP contribution in [-0.2, 0) is 14.9 Å². The molecule has 1 saturated heterocycles. The Balaban J connectivity index is 1.82. The lowest BCUT2D eigenvalue weighted by atomic mass is 9.80. The van der Waals surface area contributed by atoms with Gasteiger partial charge >= 0.3 is 6.09 Å². The first kappa shape index (κ1) is 21.3. The van der Waals surface area contributed by atoms with Crippen LogP contribution in [0.3, 0.4) is 0 Å². The number of hydrogen-bond donors (Lipinski definition) is 0. The highest BCUT2D eigenvalue weighted by molar-refractivity contribution is 5.77. The van der Waals surface area contributed by atoms with Crippen molar-refractivity contribution in [1.82, 2.24) is 9.80 Å². The average molecular weight is 375 g/mol. The quantitative estimate of drug-likeness (QED) is 0.796. The van der Waals surface area contributed by atoms with Gasteiger partial charge in [-0.05, 0) is 45.1 Å². The second-order valence-electron chi connectivity index (χ2n) is 9.10. The molecule has 0 N–H and O–H groups in total. The van der Waals surface area contributed by atoms with Crippen molar-refractivity contribution >= 4 is 12.0 Å². The molecule has 0 saturated carbocycles. The SMILES string of the molecule is Cc1ccc(C(C)(C)CCC(=O)N2CCN(C(=O)OC(C)(C)C)CC2)cc1. The highest BCUT2D eigenvalue weighted by Crippen LogP contribution is 2.29. The van der Waals surface area contributed by atoms with Crippen LogP contribution in [0.2, 0.25) is 0 Å². The summed E-state index contributed by atoms with van der Waals surface area (Å²) < 4.78 is 5.41. The van der Waals surface area contributed by atoms with Crippen LogP contribution in [0.15, 0.2) is 24.3 Å². The Morgan fingerprint density at radius 2 is 1.44 bits per heavy atom. The van der Waals surface area contributed by atoms with E-state index in [1.165, 1.54) is 11.1 Å². The number of carbonyl (C=O) groups excluding carboxylic acids is 2. The van der Waals surface area contributed by atoms with Gasteiger partial charge in [-0.2, -0.15) is 0 Å². The van der Waals surface area contributed by atoms with E-state index in [1.54, 1.807) is 4.90 Å². The summed E-state index contributed by atoms with van der Waals surface area (Å²) in [6.45, 7) is 14.2. The molecule has 1 aliphatic rings. The predicted octanol–water partition coefficient (Wildman–Crippen LogP) is 4.13. The lowest BCUT2D eigenvalue weighted by molar-refractivity contribution is -0.133. The monoisotopic (exact) mass is 374 g/mol. The maximum absolute atomic E-state index is 12.6. The predicted molar refractivity (Wildman–Crippen MR) is 108 cm³/mol. The first-order valence-corrected chi connectivity index (χ1v) is 9.81. The van der Waals surface area contributed by atoms with Crippen molar-refractivity contribution in [2.24, 2.45) is 0 Å². The lowest BCUT2D eigenvalue weighted by Crippen LogP contribution is -2.51. The van der Waals surface area contributed by atoms with E-state index < -0.39 is 5.60 Å². The molecule has 1 heterocycles. The minimum atomic E-state index is -0.494. The van der Waals surface area contributed by atoms with E-state index in [9.17, 15) is 9.59 Å². The van der Waals surface area contributed by atoms with Crippen LogP contribution < -0.4 is 0 Å². The minimum Gasteiger partial charge on any atom is -0.444 e. The molecule has 0 atom stereocenters. The minimum absolute atomic E-state index is 0.0400. The van der Waals surface area contributed by atoms with Crippen molar-refractivity contribution in [2.45, 2.75) is 65.4 Å². The zero-order valence-electron chi connectivity index (χ0n) is 17.7. The first-order chi connectivity index (χ1) is 12.5. The Morgan fingerprint density at radius 1 is 0.926 bits per heavy atom. The van der Waals surface area contributed by atoms with E-state index >= 15 is 0 Å². The number of ether oxygens (including phenoxy) is 1. The Kier molecular flexibility index (Phi) is 6.55. The molecular weight excluding hydrogens is 340 g/mol. The summed E-state index contributed by atoms with van der Waals surface area (Å²) in [5.74, 6) is 0.166. The molecule has 0 aromatic heterocycles. The van der Waals surface area contributed by atoms with Crippen molar-refractivity contribution in [3.8, 4) is 0 Å². The second kappa shape index (κ2) is 8.32. The van der Waals surface area contributed by atoms with Gasteiger partial charge in [0, 0.05) is 32.6 Å². The highest BCUT2D eigenvalue weighted by Gasteiger charge is 2.29. The zero-order chi connectivity index (χ0) is 20.2. The molecule has 150 valence electrons. The van der Waals surface area contributed by atoms with Crippen LogP contribution in [0.4, 0.5) is 4.79 Å². The fourth-order valence-corrected chi connectivity index (χ4v) is 3.19. The number of carbonyl (C=O) groups is 2. The topological polar surface area (TPSA) is 49.9 Å². The fraction of sp³-hybridized carbons (Fsp3) is 0.636. The van der Waals surface area contributed by atoms with Gasteiger partial charge in [0.15, 0.2) is 0 Å². The molecule has 0 bridgehead atoms. The summed E-state index contributed by atoms with van der Waals surface area (Å²) in [5, 5.41) is 0. The Labute approximate surface area is 163 Å². The smallest absolute Gasteiger partial charge is 0.410 e. The summed E-state index contributed by atoms with van der Waals surface area (Å²) >= 11 is 0. The van der Waals surface area contributed by atoms with Gasteiger partial charge in [0.2, 0.25) is 5.91 Å². The van der Waals surface area contributed by atoms with Crippen LogP contribution in [0, 0.1) is 6.92 Å². The lowest BCUT2D eigenvalue weighted by Gasteiger charge is -2.36. The van der Waals surface area contributed by atoms with Crippen LogP contribution in [0.1, 0.15) is 58.6 Å². The summed E-state index contributed by atoms with van der Waals surface area (Å²) in [7, 11) is 0. The van der Waals surface area contributed by atoms with Crippen molar-refractivity contribution in [3.05, 3.63) is 35.4 Å². The zero-order valence-corrected chi connectivity index (χ0v) is 17.7. The second-order valence-corrected chi connectivity index (χ2v) is 9.10. The van der Waals surface area contributed by atoms with Crippen LogP contribution in [0.5, 0.6) is 0 Å². The molecule has 1 aliphatic heterocycles. The largest absolute Gasteiger partial charge is 0.444 e. The van der Waals surface area contributed by atoms with Gasteiger partial charge < -0.3 is 14.5 Å². The molecule has 27 heavy (non-hydrogen) atoms. The third-order valence-electron chi connectivity index (χ3n) is 5.08. The Bertz CT molecular complexity index is 651. The average Bonchev–Trinajstić information content (AvgIpc) is 2.59. The van der Waals surface area contributed by atoms with E-state index in [2.05, 4.69) is 45.0 Å². The van der Waals surface area contributed by atoms with Gasteiger partial charge in [0.05, 0.1) is 0 Å². The maximum Gasteiger partial charge on any atom is 0.410 e. The normalized spacial score (nSPS) is 15.6. The molecule has 0 spiro atoms. The van der Waals surface area contributed by atoms with Crippen molar-refractivity contribution < 1.29 is 14.3 Å². The van der Waals surface area contributed by atoms with E-state index in [0.717, 1.165) is 6.42 Å². The van der Waals surface area contributed by atoms with Gasteiger partial charge in [0.25, 0.3) is 0 Å². The molecule has 0 radical (unpaired) electrons. The van der Waals surface area contributed by atoms with Crippen LogP contribution >= 0.6 is 0 Å². The third kappa shape index (κ3) is 6.26. The summed E-state index contributed by atoms with van der Waals surface area (Å²) in [6, 6.07) is 8.54. The van der Waals surface area contributed by atoms with E-state index in [0.29, 0.717) is 32.6 Å².